The van der Waals surface area contributed by atoms with Crippen molar-refractivity contribution in [3.63, 3.8) is 0 Å². The van der Waals surface area contributed by atoms with E-state index in [1.165, 1.54) is 6.20 Å². The van der Waals surface area contributed by atoms with Gasteiger partial charge in [-0.1, -0.05) is 13.3 Å². The lowest BCUT2D eigenvalue weighted by Gasteiger charge is -2.34. The number of hydrogen-bond donors (Lipinski definition) is 1. The minimum absolute atomic E-state index is 0.243. The summed E-state index contributed by atoms with van der Waals surface area (Å²) in [5, 5.41) is 4.20. The van der Waals surface area contributed by atoms with Crippen molar-refractivity contribution in [2.75, 3.05) is 44.2 Å². The van der Waals surface area contributed by atoms with Crippen LogP contribution in [0.5, 0.6) is 0 Å². The van der Waals surface area contributed by atoms with Crippen LogP contribution in [0.3, 0.4) is 0 Å². The molecule has 160 valence electrons. The van der Waals surface area contributed by atoms with Gasteiger partial charge < -0.3 is 4.90 Å². The third kappa shape index (κ3) is 6.48. The maximum atomic E-state index is 12.2. The number of hydrogen-bond acceptors (Lipinski definition) is 7. The molecule has 0 saturated carbocycles. The van der Waals surface area contributed by atoms with E-state index in [4.69, 9.17) is 0 Å². The zero-order valence-electron chi connectivity index (χ0n) is 17.1. The number of sulfonamides is 1. The quantitative estimate of drug-likeness (QED) is 0.547. The molecule has 0 spiro atoms. The number of rotatable bonds is 11. The average molecular weight is 422 g/mol. The Morgan fingerprint density at radius 2 is 1.76 bits per heavy atom. The van der Waals surface area contributed by atoms with Crippen LogP contribution in [0.25, 0.3) is 0 Å². The van der Waals surface area contributed by atoms with Gasteiger partial charge in [-0.2, -0.15) is 5.10 Å². The fraction of sp³-hybridized carbons (Fsp3) is 0.632. The third-order valence-corrected chi connectivity index (χ3v) is 6.48. The number of nitrogens with zero attached hydrogens (tertiary/aromatic N) is 6. The molecule has 1 aliphatic rings. The van der Waals surface area contributed by atoms with Gasteiger partial charge in [0.05, 0.1) is 6.20 Å². The Labute approximate surface area is 173 Å². The summed E-state index contributed by atoms with van der Waals surface area (Å²) in [6, 6.07) is 1.83. The van der Waals surface area contributed by atoms with E-state index in [1.807, 2.05) is 13.0 Å². The highest BCUT2D eigenvalue weighted by molar-refractivity contribution is 7.89. The molecule has 9 nitrogen and oxygen atoms in total. The number of nitrogens with one attached hydrogen (secondary N) is 1. The molecule has 0 radical (unpaired) electrons. The van der Waals surface area contributed by atoms with Crippen LogP contribution in [-0.2, 0) is 16.6 Å². The van der Waals surface area contributed by atoms with Crippen LogP contribution >= 0.6 is 0 Å². The van der Waals surface area contributed by atoms with Gasteiger partial charge in [-0.3, -0.25) is 9.58 Å². The SMILES string of the molecule is CCCCNS(=O)(=O)c1cnn(CCCCN2CCN(c3ncccn3)CC2)c1. The molecule has 0 aliphatic carbocycles. The largest absolute Gasteiger partial charge is 0.338 e. The molecule has 0 unspecified atom stereocenters. The molecule has 0 amide bonds. The second kappa shape index (κ2) is 10.7. The highest BCUT2D eigenvalue weighted by atomic mass is 32.2. The van der Waals surface area contributed by atoms with Crippen molar-refractivity contribution in [3.05, 3.63) is 30.9 Å². The summed E-state index contributed by atoms with van der Waals surface area (Å²) < 4.78 is 28.7. The Hall–Kier alpha value is -2.04. The highest BCUT2D eigenvalue weighted by Crippen LogP contribution is 2.11. The zero-order valence-corrected chi connectivity index (χ0v) is 17.9. The van der Waals surface area contributed by atoms with E-state index in [0.717, 1.165) is 70.9 Å². The first-order valence-electron chi connectivity index (χ1n) is 10.3. The van der Waals surface area contributed by atoms with Gasteiger partial charge in [-0.15, -0.1) is 0 Å². The molecule has 0 aromatic carbocycles. The number of unbranched alkanes of at least 4 members (excludes halogenated alkanes) is 2. The van der Waals surface area contributed by atoms with Crippen molar-refractivity contribution in [2.45, 2.75) is 44.0 Å². The Morgan fingerprint density at radius 1 is 1.03 bits per heavy atom. The molecule has 3 heterocycles. The normalized spacial score (nSPS) is 15.7. The van der Waals surface area contributed by atoms with Crippen LogP contribution in [0.2, 0.25) is 0 Å². The van der Waals surface area contributed by atoms with Crippen molar-refractivity contribution in [1.29, 1.82) is 0 Å². The minimum Gasteiger partial charge on any atom is -0.338 e. The van der Waals surface area contributed by atoms with Crippen LogP contribution < -0.4 is 9.62 Å². The fourth-order valence-corrected chi connectivity index (χ4v) is 4.33. The summed E-state index contributed by atoms with van der Waals surface area (Å²) in [6.07, 6.45) is 10.4. The Bertz CT molecular complexity index is 833. The molecule has 3 rings (SSSR count). The van der Waals surface area contributed by atoms with E-state index in [-0.39, 0.29) is 4.90 Å². The Balaban J connectivity index is 1.35. The van der Waals surface area contributed by atoms with Crippen LogP contribution in [0, 0.1) is 0 Å². The van der Waals surface area contributed by atoms with Gasteiger partial charge in [0.1, 0.15) is 4.90 Å². The zero-order chi connectivity index (χ0) is 20.5. The van der Waals surface area contributed by atoms with Crippen molar-refractivity contribution < 1.29 is 8.42 Å². The predicted octanol–water partition coefficient (Wildman–Crippen LogP) is 1.35. The molecular formula is C19H31N7O2S. The van der Waals surface area contributed by atoms with E-state index < -0.39 is 10.0 Å². The molecule has 2 aromatic heterocycles. The Kier molecular flexibility index (Phi) is 7.96. The van der Waals surface area contributed by atoms with E-state index in [2.05, 4.69) is 29.6 Å². The first-order chi connectivity index (χ1) is 14.1. The number of aromatic nitrogens is 4. The van der Waals surface area contributed by atoms with Crippen LogP contribution in [0.1, 0.15) is 32.6 Å². The summed E-state index contributed by atoms with van der Waals surface area (Å²) in [5.41, 5.74) is 0. The summed E-state index contributed by atoms with van der Waals surface area (Å²) in [6.45, 7) is 8.15. The van der Waals surface area contributed by atoms with Gasteiger partial charge in [-0.05, 0) is 31.9 Å². The van der Waals surface area contributed by atoms with Crippen molar-refractivity contribution in [1.82, 2.24) is 29.4 Å². The topological polar surface area (TPSA) is 96.2 Å². The smallest absolute Gasteiger partial charge is 0.243 e. The molecule has 0 bridgehead atoms. The van der Waals surface area contributed by atoms with Gasteiger partial charge >= 0.3 is 0 Å². The van der Waals surface area contributed by atoms with E-state index in [0.29, 0.717) is 6.54 Å². The average Bonchev–Trinajstić information content (AvgIpc) is 3.22. The first kappa shape index (κ1) is 21.7. The molecule has 2 aromatic rings. The second-order valence-electron chi connectivity index (χ2n) is 7.28. The van der Waals surface area contributed by atoms with Gasteiger partial charge in [0, 0.05) is 57.9 Å². The number of anilines is 1. The van der Waals surface area contributed by atoms with Crippen molar-refractivity contribution >= 4 is 16.0 Å². The maximum absolute atomic E-state index is 12.2. The maximum Gasteiger partial charge on any atom is 0.243 e. The summed E-state index contributed by atoms with van der Waals surface area (Å²) in [5.74, 6) is 0.806. The first-order valence-corrected chi connectivity index (χ1v) is 11.8. The minimum atomic E-state index is -3.44. The molecule has 1 aliphatic heterocycles. The summed E-state index contributed by atoms with van der Waals surface area (Å²) >= 11 is 0. The van der Waals surface area contributed by atoms with E-state index >= 15 is 0 Å². The van der Waals surface area contributed by atoms with E-state index in [1.54, 1.807) is 23.3 Å². The van der Waals surface area contributed by atoms with Gasteiger partial charge in [0.25, 0.3) is 0 Å². The van der Waals surface area contributed by atoms with Crippen molar-refractivity contribution in [3.8, 4) is 0 Å². The van der Waals surface area contributed by atoms with Crippen LogP contribution in [-0.4, -0.2) is 72.3 Å². The molecule has 29 heavy (non-hydrogen) atoms. The van der Waals surface area contributed by atoms with Crippen molar-refractivity contribution in [2.24, 2.45) is 0 Å². The second-order valence-corrected chi connectivity index (χ2v) is 9.04. The molecular weight excluding hydrogens is 390 g/mol. The predicted molar refractivity (Wildman–Crippen MR) is 112 cm³/mol. The summed E-state index contributed by atoms with van der Waals surface area (Å²) in [7, 11) is -3.44. The number of piperazine rings is 1. The number of aryl methyl sites for hydroxylation is 1. The standard InChI is InChI=1S/C19H31N7O2S/c1-2-3-9-23-29(27,28)18-16-22-26(17-18)11-5-4-10-24-12-14-25(15-13-24)19-20-7-6-8-21-19/h6-8,16-17,23H,2-5,9-15H2,1H3. The third-order valence-electron chi connectivity index (χ3n) is 5.06. The molecule has 1 fully saturated rings. The van der Waals surface area contributed by atoms with E-state index in [9.17, 15) is 8.42 Å². The highest BCUT2D eigenvalue weighted by Gasteiger charge is 2.18. The summed E-state index contributed by atoms with van der Waals surface area (Å²) in [4.78, 5) is 13.5. The molecule has 1 saturated heterocycles. The van der Waals surface area contributed by atoms with Crippen LogP contribution in [0.4, 0.5) is 5.95 Å². The lowest BCUT2D eigenvalue weighted by atomic mass is 10.2. The lowest BCUT2D eigenvalue weighted by Crippen LogP contribution is -2.47. The molecule has 0 atom stereocenters. The van der Waals surface area contributed by atoms with Gasteiger partial charge in [0.2, 0.25) is 16.0 Å². The molecule has 1 N–H and O–H groups in total. The van der Waals surface area contributed by atoms with Crippen LogP contribution in [0.15, 0.2) is 35.7 Å². The van der Waals surface area contributed by atoms with Gasteiger partial charge in [-0.25, -0.2) is 23.1 Å². The fourth-order valence-electron chi connectivity index (χ4n) is 3.31. The molecule has 10 heteroatoms. The van der Waals surface area contributed by atoms with Gasteiger partial charge in [0.15, 0.2) is 0 Å². The Morgan fingerprint density at radius 3 is 2.48 bits per heavy atom. The monoisotopic (exact) mass is 421 g/mol. The lowest BCUT2D eigenvalue weighted by molar-refractivity contribution is 0.249.